The summed E-state index contributed by atoms with van der Waals surface area (Å²) in [6.07, 6.45) is 4.60. The molecule has 1 atom stereocenters. The van der Waals surface area contributed by atoms with E-state index < -0.39 is 0 Å². The van der Waals surface area contributed by atoms with Crippen molar-refractivity contribution in [2.45, 2.75) is 39.7 Å². The number of guanidine groups is 1. The van der Waals surface area contributed by atoms with Crippen LogP contribution in [-0.4, -0.2) is 43.7 Å². The maximum absolute atomic E-state index is 5.92. The van der Waals surface area contributed by atoms with Gasteiger partial charge in [0.2, 0.25) is 0 Å². The van der Waals surface area contributed by atoms with Crippen LogP contribution in [0.3, 0.4) is 0 Å². The zero-order chi connectivity index (χ0) is 16.9. The number of aliphatic imine (C=N–C) groups is 1. The third kappa shape index (κ3) is 11.0. The lowest BCUT2D eigenvalue weighted by atomic mass is 10.2. The van der Waals surface area contributed by atoms with E-state index in [1.165, 1.54) is 24.2 Å². The highest BCUT2D eigenvalue weighted by Gasteiger charge is 2.04. The number of unbranched alkanes of at least 4 members (excludes halogenated alkanes) is 1. The summed E-state index contributed by atoms with van der Waals surface area (Å²) in [5.41, 5.74) is 1.21. The molecule has 0 saturated heterocycles. The lowest BCUT2D eigenvalue weighted by Gasteiger charge is -2.15. The number of nitrogens with one attached hydrogen (secondary N) is 2. The monoisotopic (exact) mass is 465 g/mol. The lowest BCUT2D eigenvalue weighted by molar-refractivity contribution is 0.230. The summed E-state index contributed by atoms with van der Waals surface area (Å²) in [6, 6.07) is 8.12. The second-order valence-electron chi connectivity index (χ2n) is 5.59. The Morgan fingerprint density at radius 1 is 1.29 bits per heavy atom. The van der Waals surface area contributed by atoms with E-state index in [0.29, 0.717) is 6.54 Å². The molecule has 0 radical (unpaired) electrons. The van der Waals surface area contributed by atoms with Crippen molar-refractivity contribution in [2.24, 2.45) is 4.99 Å². The molecule has 1 aromatic rings. The number of nitrogens with zero attached hydrogens (tertiary/aromatic N) is 1. The van der Waals surface area contributed by atoms with Crippen molar-refractivity contribution in [2.75, 3.05) is 31.6 Å². The van der Waals surface area contributed by atoms with E-state index in [0.717, 1.165) is 24.8 Å². The van der Waals surface area contributed by atoms with Crippen LogP contribution in [0.15, 0.2) is 29.3 Å². The van der Waals surface area contributed by atoms with Crippen molar-refractivity contribution < 1.29 is 4.74 Å². The first kappa shape index (κ1) is 23.4. The zero-order valence-corrected chi connectivity index (χ0v) is 18.4. The molecule has 0 heterocycles. The fourth-order valence-corrected chi connectivity index (χ4v) is 2.59. The minimum absolute atomic E-state index is 0. The van der Waals surface area contributed by atoms with Gasteiger partial charge in [0.05, 0.1) is 6.54 Å². The standard InChI is InChI=1S/C18H31N3OS.HI/c1-5-19-18(20-11-6-7-12-23-4)21-14-16(3)22-17-10-8-9-15(2)13-17;/h8-10,13,16H,5-7,11-12,14H2,1-4H3,(H2,19,20,21);1H. The quantitative estimate of drug-likeness (QED) is 0.237. The molecule has 4 nitrogen and oxygen atoms in total. The normalized spacial score (nSPS) is 12.2. The first-order valence-electron chi connectivity index (χ1n) is 8.40. The van der Waals surface area contributed by atoms with Gasteiger partial charge in [0, 0.05) is 13.1 Å². The number of benzene rings is 1. The summed E-state index contributed by atoms with van der Waals surface area (Å²) in [6.45, 7) is 8.66. The van der Waals surface area contributed by atoms with Crippen LogP contribution in [0.1, 0.15) is 32.3 Å². The minimum atomic E-state index is 0. The zero-order valence-electron chi connectivity index (χ0n) is 15.3. The van der Waals surface area contributed by atoms with E-state index in [9.17, 15) is 0 Å². The summed E-state index contributed by atoms with van der Waals surface area (Å²) < 4.78 is 5.92. The molecule has 1 unspecified atom stereocenters. The van der Waals surface area contributed by atoms with Gasteiger partial charge in [-0.05, 0) is 63.3 Å². The summed E-state index contributed by atoms with van der Waals surface area (Å²) in [7, 11) is 0. The van der Waals surface area contributed by atoms with E-state index >= 15 is 0 Å². The van der Waals surface area contributed by atoms with Crippen LogP contribution in [0.2, 0.25) is 0 Å². The molecule has 0 aliphatic heterocycles. The number of thioether (sulfide) groups is 1. The first-order valence-corrected chi connectivity index (χ1v) is 9.79. The van der Waals surface area contributed by atoms with Gasteiger partial charge in [0.1, 0.15) is 11.9 Å². The Morgan fingerprint density at radius 2 is 2.08 bits per heavy atom. The van der Waals surface area contributed by atoms with E-state index in [-0.39, 0.29) is 30.1 Å². The summed E-state index contributed by atoms with van der Waals surface area (Å²) in [5.74, 6) is 3.00. The van der Waals surface area contributed by atoms with Crippen molar-refractivity contribution in [3.63, 3.8) is 0 Å². The third-order valence-electron chi connectivity index (χ3n) is 3.25. The minimum Gasteiger partial charge on any atom is -0.489 e. The van der Waals surface area contributed by atoms with Crippen molar-refractivity contribution in [3.8, 4) is 5.75 Å². The van der Waals surface area contributed by atoms with Gasteiger partial charge in [-0.25, -0.2) is 4.99 Å². The Kier molecular flexibility index (Phi) is 14.3. The molecule has 0 bridgehead atoms. The molecular weight excluding hydrogens is 433 g/mol. The van der Waals surface area contributed by atoms with Crippen LogP contribution in [0.5, 0.6) is 5.75 Å². The summed E-state index contributed by atoms with van der Waals surface area (Å²) in [4.78, 5) is 4.61. The van der Waals surface area contributed by atoms with Crippen LogP contribution in [0.25, 0.3) is 0 Å². The van der Waals surface area contributed by atoms with Gasteiger partial charge in [0.15, 0.2) is 5.96 Å². The Bertz CT molecular complexity index is 471. The predicted molar refractivity (Wildman–Crippen MR) is 118 cm³/mol. The smallest absolute Gasteiger partial charge is 0.191 e. The molecule has 0 spiro atoms. The second-order valence-corrected chi connectivity index (χ2v) is 6.58. The molecule has 0 saturated carbocycles. The molecule has 1 rings (SSSR count). The second kappa shape index (κ2) is 14.7. The SMILES string of the molecule is CCNC(=NCC(C)Oc1cccc(C)c1)NCCCCSC.I. The molecule has 24 heavy (non-hydrogen) atoms. The van der Waals surface area contributed by atoms with E-state index in [1.807, 2.05) is 30.8 Å². The molecule has 2 N–H and O–H groups in total. The molecular formula is C18H32IN3OS. The van der Waals surface area contributed by atoms with Gasteiger partial charge in [-0.15, -0.1) is 24.0 Å². The van der Waals surface area contributed by atoms with Crippen LogP contribution in [0.4, 0.5) is 0 Å². The van der Waals surface area contributed by atoms with Crippen molar-refractivity contribution in [1.29, 1.82) is 0 Å². The van der Waals surface area contributed by atoms with Gasteiger partial charge >= 0.3 is 0 Å². The number of ether oxygens (including phenoxy) is 1. The van der Waals surface area contributed by atoms with Crippen LogP contribution < -0.4 is 15.4 Å². The largest absolute Gasteiger partial charge is 0.489 e. The average Bonchev–Trinajstić information content (AvgIpc) is 2.52. The van der Waals surface area contributed by atoms with Gasteiger partial charge in [-0.2, -0.15) is 11.8 Å². The van der Waals surface area contributed by atoms with Crippen LogP contribution >= 0.6 is 35.7 Å². The molecule has 0 fully saturated rings. The Labute approximate surface area is 168 Å². The van der Waals surface area contributed by atoms with E-state index in [1.54, 1.807) is 0 Å². The molecule has 6 heteroatoms. The molecule has 1 aromatic carbocycles. The van der Waals surface area contributed by atoms with E-state index in [4.69, 9.17) is 4.74 Å². The van der Waals surface area contributed by atoms with Gasteiger partial charge in [-0.1, -0.05) is 12.1 Å². The highest BCUT2D eigenvalue weighted by molar-refractivity contribution is 14.0. The highest BCUT2D eigenvalue weighted by Crippen LogP contribution is 2.14. The Morgan fingerprint density at radius 3 is 2.75 bits per heavy atom. The summed E-state index contributed by atoms with van der Waals surface area (Å²) >= 11 is 1.90. The van der Waals surface area contributed by atoms with Gasteiger partial charge < -0.3 is 15.4 Å². The predicted octanol–water partition coefficient (Wildman–Crippen LogP) is 4.08. The molecule has 0 aromatic heterocycles. The van der Waals surface area contributed by atoms with Gasteiger partial charge in [-0.3, -0.25) is 0 Å². The lowest BCUT2D eigenvalue weighted by Crippen LogP contribution is -2.38. The highest BCUT2D eigenvalue weighted by atomic mass is 127. The number of hydrogen-bond donors (Lipinski definition) is 2. The summed E-state index contributed by atoms with van der Waals surface area (Å²) in [5, 5.41) is 6.66. The van der Waals surface area contributed by atoms with Crippen LogP contribution in [-0.2, 0) is 0 Å². The van der Waals surface area contributed by atoms with Crippen molar-refractivity contribution >= 4 is 41.7 Å². The molecule has 138 valence electrons. The fraction of sp³-hybridized carbons (Fsp3) is 0.611. The molecule has 0 aliphatic carbocycles. The Balaban J connectivity index is 0.00000529. The number of rotatable bonds is 10. The Hall–Kier alpha value is -0.630. The number of halogens is 1. The molecule has 0 amide bonds. The maximum Gasteiger partial charge on any atom is 0.191 e. The molecule has 0 aliphatic rings. The van der Waals surface area contributed by atoms with Gasteiger partial charge in [0.25, 0.3) is 0 Å². The van der Waals surface area contributed by atoms with Crippen molar-refractivity contribution in [3.05, 3.63) is 29.8 Å². The van der Waals surface area contributed by atoms with Crippen LogP contribution in [0, 0.1) is 6.92 Å². The van der Waals surface area contributed by atoms with E-state index in [2.05, 4.69) is 47.9 Å². The maximum atomic E-state index is 5.92. The number of hydrogen-bond acceptors (Lipinski definition) is 3. The first-order chi connectivity index (χ1) is 11.2. The topological polar surface area (TPSA) is 45.7 Å². The van der Waals surface area contributed by atoms with Crippen molar-refractivity contribution in [1.82, 2.24) is 10.6 Å². The number of aryl methyl sites for hydroxylation is 1. The average molecular weight is 465 g/mol. The fourth-order valence-electron chi connectivity index (χ4n) is 2.10. The third-order valence-corrected chi connectivity index (χ3v) is 3.94.